The molecule has 0 fully saturated rings. The number of rotatable bonds is 8. The van der Waals surface area contributed by atoms with Gasteiger partial charge in [0, 0.05) is 10.4 Å². The summed E-state index contributed by atoms with van der Waals surface area (Å²) < 4.78 is 7.35. The first-order valence-electron chi connectivity index (χ1n) is 8.70. The summed E-state index contributed by atoms with van der Waals surface area (Å²) in [7, 11) is 0. The van der Waals surface area contributed by atoms with E-state index in [1.165, 1.54) is 0 Å². The van der Waals surface area contributed by atoms with E-state index in [-0.39, 0.29) is 11.6 Å². The number of benzene rings is 2. The van der Waals surface area contributed by atoms with Crippen molar-refractivity contribution in [1.82, 2.24) is 4.57 Å². The first kappa shape index (κ1) is 18.3. The van der Waals surface area contributed by atoms with Crippen molar-refractivity contribution in [2.45, 2.75) is 32.7 Å². The molecule has 1 heterocycles. The second kappa shape index (κ2) is 8.23. The SMILES string of the molecule is CCCCCOc1ccc(Cn2c(O)c(N=O)c3ccc(Cl)cc32)cc1. The molecule has 0 radical (unpaired) electrons. The van der Waals surface area contributed by atoms with Crippen molar-refractivity contribution in [3.63, 3.8) is 0 Å². The van der Waals surface area contributed by atoms with Crippen molar-refractivity contribution in [1.29, 1.82) is 0 Å². The Morgan fingerprint density at radius 3 is 2.62 bits per heavy atom. The molecule has 0 bridgehead atoms. The van der Waals surface area contributed by atoms with Gasteiger partial charge in [-0.05, 0) is 47.5 Å². The van der Waals surface area contributed by atoms with Crippen LogP contribution in [-0.4, -0.2) is 16.3 Å². The van der Waals surface area contributed by atoms with E-state index in [0.29, 0.717) is 29.1 Å². The lowest BCUT2D eigenvalue weighted by molar-refractivity contribution is 0.306. The number of unbranched alkanes of at least 4 members (excludes halogenated alkanes) is 2. The number of hydrogen-bond acceptors (Lipinski definition) is 4. The Morgan fingerprint density at radius 1 is 1.15 bits per heavy atom. The number of fused-ring (bicyclic) bond motifs is 1. The molecule has 0 saturated carbocycles. The van der Waals surface area contributed by atoms with E-state index in [0.717, 1.165) is 30.6 Å². The Balaban J connectivity index is 1.81. The van der Waals surface area contributed by atoms with E-state index < -0.39 is 0 Å². The molecule has 3 rings (SSSR count). The third-order valence-electron chi connectivity index (χ3n) is 4.35. The van der Waals surface area contributed by atoms with Gasteiger partial charge in [-0.3, -0.25) is 0 Å². The fraction of sp³-hybridized carbons (Fsp3) is 0.300. The minimum absolute atomic E-state index is 0.0348. The van der Waals surface area contributed by atoms with Gasteiger partial charge in [0.05, 0.1) is 18.7 Å². The molecule has 3 aromatic rings. The van der Waals surface area contributed by atoms with E-state index >= 15 is 0 Å². The fourth-order valence-corrected chi connectivity index (χ4v) is 3.12. The van der Waals surface area contributed by atoms with E-state index in [4.69, 9.17) is 16.3 Å². The molecule has 26 heavy (non-hydrogen) atoms. The van der Waals surface area contributed by atoms with Gasteiger partial charge in [-0.2, -0.15) is 0 Å². The molecule has 6 heteroatoms. The smallest absolute Gasteiger partial charge is 0.222 e. The number of aromatic nitrogens is 1. The normalized spacial score (nSPS) is 11.0. The van der Waals surface area contributed by atoms with Crippen LogP contribution < -0.4 is 4.74 Å². The Labute approximate surface area is 157 Å². The molecule has 0 atom stereocenters. The van der Waals surface area contributed by atoms with E-state index in [1.54, 1.807) is 22.8 Å². The molecule has 1 aromatic heterocycles. The van der Waals surface area contributed by atoms with Crippen LogP contribution in [0.2, 0.25) is 5.02 Å². The summed E-state index contributed by atoms with van der Waals surface area (Å²) in [5, 5.41) is 14.5. The number of ether oxygens (including phenoxy) is 1. The molecule has 0 aliphatic carbocycles. The lowest BCUT2D eigenvalue weighted by atomic mass is 10.2. The third-order valence-corrected chi connectivity index (χ3v) is 4.58. The fourth-order valence-electron chi connectivity index (χ4n) is 2.96. The van der Waals surface area contributed by atoms with Crippen molar-refractivity contribution < 1.29 is 9.84 Å². The summed E-state index contributed by atoms with van der Waals surface area (Å²) in [4.78, 5) is 11.1. The summed E-state index contributed by atoms with van der Waals surface area (Å²) in [6.07, 6.45) is 3.37. The molecule has 0 spiro atoms. The predicted octanol–water partition coefficient (Wildman–Crippen LogP) is 6.02. The zero-order valence-corrected chi connectivity index (χ0v) is 15.4. The highest BCUT2D eigenvalue weighted by Gasteiger charge is 2.18. The van der Waals surface area contributed by atoms with Gasteiger partial charge in [-0.25, -0.2) is 0 Å². The summed E-state index contributed by atoms with van der Waals surface area (Å²) in [5.74, 6) is 0.668. The van der Waals surface area contributed by atoms with Gasteiger partial charge in [-0.15, -0.1) is 4.91 Å². The zero-order valence-electron chi connectivity index (χ0n) is 14.6. The quantitative estimate of drug-likeness (QED) is 0.388. The Kier molecular flexibility index (Phi) is 5.78. The topological polar surface area (TPSA) is 63.8 Å². The molecule has 0 saturated heterocycles. The Bertz CT molecular complexity index is 904. The maximum Gasteiger partial charge on any atom is 0.222 e. The van der Waals surface area contributed by atoms with Gasteiger partial charge in [0.2, 0.25) is 5.88 Å². The van der Waals surface area contributed by atoms with Gasteiger partial charge in [0.25, 0.3) is 0 Å². The van der Waals surface area contributed by atoms with Crippen LogP contribution in [0.5, 0.6) is 11.6 Å². The second-order valence-electron chi connectivity index (χ2n) is 6.21. The maximum atomic E-state index is 11.1. The van der Waals surface area contributed by atoms with Crippen molar-refractivity contribution in [3.8, 4) is 11.6 Å². The molecule has 5 nitrogen and oxygen atoms in total. The van der Waals surface area contributed by atoms with E-state index in [9.17, 15) is 10.0 Å². The standard InChI is InChI=1S/C20H21ClN2O3/c1-2-3-4-11-26-16-8-5-14(6-9-16)13-23-18-12-15(21)7-10-17(18)19(22-25)20(23)24/h5-10,12,24H,2-4,11,13H2,1H3. The van der Waals surface area contributed by atoms with Gasteiger partial charge >= 0.3 is 0 Å². The molecular formula is C20H21ClN2O3. The molecule has 136 valence electrons. The van der Waals surface area contributed by atoms with Crippen LogP contribution in [0.3, 0.4) is 0 Å². The molecule has 2 aromatic carbocycles. The number of hydrogen-bond donors (Lipinski definition) is 1. The minimum Gasteiger partial charge on any atom is -0.494 e. The molecule has 1 N–H and O–H groups in total. The number of nitrogens with zero attached hydrogens (tertiary/aromatic N) is 2. The monoisotopic (exact) mass is 372 g/mol. The average molecular weight is 373 g/mol. The first-order valence-corrected chi connectivity index (χ1v) is 9.07. The number of halogens is 1. The summed E-state index contributed by atoms with van der Waals surface area (Å²) in [6.45, 7) is 3.27. The highest BCUT2D eigenvalue weighted by atomic mass is 35.5. The van der Waals surface area contributed by atoms with Crippen molar-refractivity contribution in [2.75, 3.05) is 6.61 Å². The van der Waals surface area contributed by atoms with Gasteiger partial charge < -0.3 is 14.4 Å². The van der Waals surface area contributed by atoms with Crippen molar-refractivity contribution in [2.24, 2.45) is 5.18 Å². The largest absolute Gasteiger partial charge is 0.494 e. The van der Waals surface area contributed by atoms with E-state index in [2.05, 4.69) is 12.1 Å². The summed E-state index contributed by atoms with van der Waals surface area (Å²) in [6, 6.07) is 12.8. The van der Waals surface area contributed by atoms with Crippen molar-refractivity contribution in [3.05, 3.63) is 58.0 Å². The van der Waals surface area contributed by atoms with Crippen LogP contribution in [0.4, 0.5) is 5.69 Å². The van der Waals surface area contributed by atoms with Crippen LogP contribution in [0, 0.1) is 4.91 Å². The van der Waals surface area contributed by atoms with Crippen LogP contribution >= 0.6 is 11.6 Å². The number of aromatic hydroxyl groups is 1. The van der Waals surface area contributed by atoms with Crippen molar-refractivity contribution >= 4 is 28.2 Å². The van der Waals surface area contributed by atoms with Gasteiger partial charge in [0.15, 0.2) is 5.69 Å². The molecule has 0 aliphatic rings. The zero-order chi connectivity index (χ0) is 18.5. The van der Waals surface area contributed by atoms with Crippen LogP contribution in [0.1, 0.15) is 31.7 Å². The third kappa shape index (κ3) is 3.83. The maximum absolute atomic E-state index is 11.1. The lowest BCUT2D eigenvalue weighted by Gasteiger charge is -2.09. The van der Waals surface area contributed by atoms with E-state index in [1.807, 2.05) is 24.3 Å². The molecule has 0 aliphatic heterocycles. The summed E-state index contributed by atoms with van der Waals surface area (Å²) in [5.41, 5.74) is 1.67. The highest BCUT2D eigenvalue weighted by Crippen LogP contribution is 2.39. The number of nitroso groups, excluding NO2 is 1. The van der Waals surface area contributed by atoms with Crippen LogP contribution in [0.25, 0.3) is 10.9 Å². The first-order chi connectivity index (χ1) is 12.6. The molecule has 0 unspecified atom stereocenters. The summed E-state index contributed by atoms with van der Waals surface area (Å²) >= 11 is 6.07. The Morgan fingerprint density at radius 2 is 1.92 bits per heavy atom. The van der Waals surface area contributed by atoms with Gasteiger partial charge in [-0.1, -0.05) is 43.5 Å². The molecule has 0 amide bonds. The predicted molar refractivity (Wildman–Crippen MR) is 105 cm³/mol. The van der Waals surface area contributed by atoms with Crippen LogP contribution in [0.15, 0.2) is 47.6 Å². The Hall–Kier alpha value is -2.53. The average Bonchev–Trinajstić information content (AvgIpc) is 2.91. The highest BCUT2D eigenvalue weighted by molar-refractivity contribution is 6.31. The lowest BCUT2D eigenvalue weighted by Crippen LogP contribution is -2.00. The molecular weight excluding hydrogens is 352 g/mol. The minimum atomic E-state index is -0.155. The van der Waals surface area contributed by atoms with Gasteiger partial charge in [0.1, 0.15) is 5.75 Å². The second-order valence-corrected chi connectivity index (χ2v) is 6.65. The van der Waals surface area contributed by atoms with Crippen LogP contribution in [-0.2, 0) is 6.54 Å².